The predicted octanol–water partition coefficient (Wildman–Crippen LogP) is -7.84. The van der Waals surface area contributed by atoms with E-state index in [1.165, 1.54) is 25.7 Å². The lowest BCUT2D eigenvalue weighted by atomic mass is 9.96. The second-order valence-electron chi connectivity index (χ2n) is 18.1. The summed E-state index contributed by atoms with van der Waals surface area (Å²) >= 11 is 0. The van der Waals surface area contributed by atoms with E-state index >= 15 is 0 Å². The normalized spacial score (nSPS) is 25.9. The minimum absolute atomic E-state index is 0.0506. The number of nitrogens with zero attached hydrogens (tertiary/aromatic N) is 2. The summed E-state index contributed by atoms with van der Waals surface area (Å²) in [6.45, 7) is 7.02. The van der Waals surface area contributed by atoms with Crippen LogP contribution in [0.2, 0.25) is 0 Å². The van der Waals surface area contributed by atoms with Crippen LogP contribution in [0.5, 0.6) is 0 Å². The van der Waals surface area contributed by atoms with Gasteiger partial charge in [-0.3, -0.25) is 47.9 Å². The van der Waals surface area contributed by atoms with Crippen molar-refractivity contribution in [3.8, 4) is 0 Å². The van der Waals surface area contributed by atoms with E-state index in [2.05, 4.69) is 37.2 Å². The first kappa shape index (κ1) is 59.7. The first-order valence-corrected chi connectivity index (χ1v) is 23.5. The summed E-state index contributed by atoms with van der Waals surface area (Å²) in [7, 11) is 0. The number of rotatable bonds is 24. The Kier molecular flexibility index (Phi) is 22.9. The summed E-state index contributed by atoms with van der Waals surface area (Å²) in [4.78, 5) is 134. The predicted molar refractivity (Wildman–Crippen MR) is 243 cm³/mol. The van der Waals surface area contributed by atoms with Gasteiger partial charge in [-0.25, -0.2) is 0 Å². The molecule has 28 heteroatoms. The van der Waals surface area contributed by atoms with Gasteiger partial charge in [0.15, 0.2) is 6.29 Å². The monoisotopic (exact) mass is 1020 g/mol. The Hall–Kier alpha value is -5.62. The number of primary amides is 1. The molecule has 0 aromatic rings. The third-order valence-electron chi connectivity index (χ3n) is 12.6. The van der Waals surface area contributed by atoms with Crippen molar-refractivity contribution in [2.45, 2.75) is 172 Å². The van der Waals surface area contributed by atoms with E-state index in [9.17, 15) is 78.6 Å². The molecule has 0 aliphatic carbocycles. The fourth-order valence-corrected chi connectivity index (χ4v) is 8.40. The number of carbonyl (C=O) groups excluding carboxylic acids is 10. The Bertz CT molecular complexity index is 1930. The highest BCUT2D eigenvalue weighted by Crippen LogP contribution is 2.25. The average molecular weight is 1020 g/mol. The van der Waals surface area contributed by atoms with Gasteiger partial charge in [0.1, 0.15) is 66.6 Å². The van der Waals surface area contributed by atoms with Crippen molar-refractivity contribution in [3.63, 3.8) is 0 Å². The molecule has 10 amide bonds. The van der Waals surface area contributed by atoms with Gasteiger partial charge in [-0.1, -0.05) is 20.3 Å². The van der Waals surface area contributed by atoms with Crippen LogP contribution in [0.4, 0.5) is 0 Å². The molecule has 3 aliphatic rings. The number of aliphatic hydroxyl groups is 6. The van der Waals surface area contributed by atoms with Crippen molar-refractivity contribution < 1.29 is 88.1 Å². The van der Waals surface area contributed by atoms with Gasteiger partial charge < -0.3 is 92.9 Å². The summed E-state index contributed by atoms with van der Waals surface area (Å²) < 4.78 is 11.6. The molecule has 0 aromatic heterocycles. The molecule has 0 unspecified atom stereocenters. The summed E-state index contributed by atoms with van der Waals surface area (Å²) in [5.74, 6) is -9.37. The molecule has 3 rings (SSSR count). The second-order valence-corrected chi connectivity index (χ2v) is 18.1. The van der Waals surface area contributed by atoms with Crippen LogP contribution in [0.15, 0.2) is 0 Å². The van der Waals surface area contributed by atoms with Gasteiger partial charge in [0.25, 0.3) is 0 Å². The zero-order valence-electron chi connectivity index (χ0n) is 40.9. The smallest absolute Gasteiger partial charge is 0.248 e. The molecule has 0 bridgehead atoms. The van der Waals surface area contributed by atoms with Gasteiger partial charge in [-0.15, -0.1) is 0 Å². The Labute approximate surface area is 409 Å². The zero-order valence-corrected chi connectivity index (χ0v) is 40.9. The lowest BCUT2D eigenvalue weighted by molar-refractivity contribution is -0.281. The summed E-state index contributed by atoms with van der Waals surface area (Å²) in [5, 5.41) is 78.6. The van der Waals surface area contributed by atoms with E-state index < -0.39 is 170 Å². The number of hydrogen-bond donors (Lipinski definition) is 14. The molecule has 3 saturated heterocycles. The number of likely N-dealkylation sites (tertiary alicyclic amines) is 2. The first-order chi connectivity index (χ1) is 33.3. The summed E-state index contributed by atoms with van der Waals surface area (Å²) in [5.41, 5.74) is 5.24. The van der Waals surface area contributed by atoms with Crippen LogP contribution in [0.25, 0.3) is 0 Å². The first-order valence-electron chi connectivity index (χ1n) is 23.5. The molecule has 402 valence electrons. The molecule has 0 radical (unpaired) electrons. The van der Waals surface area contributed by atoms with E-state index in [1.54, 1.807) is 13.8 Å². The van der Waals surface area contributed by atoms with Gasteiger partial charge in [0.2, 0.25) is 59.1 Å². The van der Waals surface area contributed by atoms with E-state index in [-0.39, 0.29) is 25.3 Å². The topological polar surface area (TPSA) is 427 Å². The van der Waals surface area contributed by atoms with Crippen LogP contribution in [-0.4, -0.2) is 224 Å². The molecular weight excluding hydrogens is 945 g/mol. The average Bonchev–Trinajstić information content (AvgIpc) is 4.02. The van der Waals surface area contributed by atoms with Gasteiger partial charge in [-0.2, -0.15) is 0 Å². The van der Waals surface area contributed by atoms with Crippen LogP contribution in [0, 0.1) is 5.92 Å². The van der Waals surface area contributed by atoms with Crippen molar-refractivity contribution in [2.75, 3.05) is 32.8 Å². The zero-order chi connectivity index (χ0) is 53.6. The SMILES string of the molecule is CC[C@H](C)[C@H](NC(=O)[C@@H]1CCCN1C(=O)[C@@H](NC(=O)[C@@H](NC(=O)CNC(=O)[C@@H]1CCCN1C(C)=O)[C@@H](C)O[C@H]1O[C@H](CO)[C@H](O)[C@H](O)[C@H]1NC(C)=O)[C@@H](C)O)C(=O)N[C@@H](CO)C(=O)N[C@H](C(N)=O)[C@@H](C)O. The van der Waals surface area contributed by atoms with E-state index in [4.69, 9.17) is 15.2 Å². The van der Waals surface area contributed by atoms with Gasteiger partial charge in [-0.05, 0) is 52.4 Å². The number of ether oxygens (including phenoxy) is 2. The molecule has 3 fully saturated rings. The minimum atomic E-state index is -1.84. The van der Waals surface area contributed by atoms with Crippen molar-refractivity contribution in [3.05, 3.63) is 0 Å². The maximum absolute atomic E-state index is 14.3. The van der Waals surface area contributed by atoms with Gasteiger partial charge in [0.05, 0.1) is 38.1 Å². The van der Waals surface area contributed by atoms with Crippen LogP contribution in [-0.2, 0) is 57.4 Å². The highest BCUT2D eigenvalue weighted by Gasteiger charge is 2.48. The summed E-state index contributed by atoms with van der Waals surface area (Å²) in [6, 6.07) is -11.9. The third kappa shape index (κ3) is 15.9. The number of amides is 10. The highest BCUT2D eigenvalue weighted by atomic mass is 16.7. The molecule has 15 N–H and O–H groups in total. The number of hydrogen-bond acceptors (Lipinski definition) is 18. The van der Waals surface area contributed by atoms with Gasteiger partial charge >= 0.3 is 0 Å². The molecule has 0 aromatic carbocycles. The Morgan fingerprint density at radius 2 is 1.28 bits per heavy atom. The molecule has 0 saturated carbocycles. The van der Waals surface area contributed by atoms with Gasteiger partial charge in [0, 0.05) is 26.9 Å². The Morgan fingerprint density at radius 3 is 1.80 bits per heavy atom. The molecular formula is C43H72N10O18. The van der Waals surface area contributed by atoms with E-state index in [0.717, 1.165) is 18.7 Å². The maximum atomic E-state index is 14.3. The molecule has 71 heavy (non-hydrogen) atoms. The number of aliphatic hydroxyl groups excluding tert-OH is 6. The fraction of sp³-hybridized carbons (Fsp3) is 0.767. The minimum Gasteiger partial charge on any atom is -0.394 e. The molecule has 28 nitrogen and oxygen atoms in total. The van der Waals surface area contributed by atoms with E-state index in [1.807, 2.05) is 0 Å². The van der Waals surface area contributed by atoms with Crippen molar-refractivity contribution in [2.24, 2.45) is 11.7 Å². The Morgan fingerprint density at radius 1 is 0.718 bits per heavy atom. The lowest BCUT2D eigenvalue weighted by Gasteiger charge is -2.43. The number of nitrogens with two attached hydrogens (primary N) is 1. The fourth-order valence-electron chi connectivity index (χ4n) is 8.40. The molecule has 0 spiro atoms. The second kappa shape index (κ2) is 27.3. The Balaban J connectivity index is 1.88. The van der Waals surface area contributed by atoms with Crippen LogP contribution in [0.1, 0.15) is 80.6 Å². The molecule has 3 heterocycles. The van der Waals surface area contributed by atoms with E-state index in [0.29, 0.717) is 25.8 Å². The molecule has 16 atom stereocenters. The van der Waals surface area contributed by atoms with Crippen molar-refractivity contribution in [1.82, 2.24) is 47.0 Å². The van der Waals surface area contributed by atoms with Crippen LogP contribution >= 0.6 is 0 Å². The van der Waals surface area contributed by atoms with Crippen molar-refractivity contribution >= 4 is 59.1 Å². The highest BCUT2D eigenvalue weighted by molar-refractivity contribution is 5.98. The number of carbonyl (C=O) groups is 10. The largest absolute Gasteiger partial charge is 0.394 e. The lowest BCUT2D eigenvalue weighted by Crippen LogP contribution is -2.66. The maximum Gasteiger partial charge on any atom is 0.248 e. The summed E-state index contributed by atoms with van der Waals surface area (Å²) in [6.07, 6.45) is -9.78. The van der Waals surface area contributed by atoms with Crippen molar-refractivity contribution in [1.29, 1.82) is 0 Å². The number of nitrogens with one attached hydrogen (secondary N) is 7. The quantitative estimate of drug-likeness (QED) is 0.0427. The standard InChI is InChI=1S/C43H72N10O18/c1-8-18(2)29(40(67)47-24(16-54)37(64)50-30(19(3)56)36(44)63)49-39(66)26-12-10-14-53(26)42(69)31(20(4)57)51-41(68)32(48-28(60)15-45-38(65)25-11-9-13-52(25)23(7)59)21(5)70-43-33(46-22(6)58)35(62)34(61)27(17-55)71-43/h18-21,24-27,29-35,43,54-57,61-62H,8-17H2,1-7H3,(H2,44,63)(H,45,65)(H,46,58)(H,47,67)(H,48,60)(H,49,66)(H,50,64)(H,51,68)/t18-,19+,20+,21+,24-,25-,26-,27+,29-,30-,31-,32-,33+,34-,35+,43-/m0/s1. The van der Waals surface area contributed by atoms with Crippen LogP contribution in [0.3, 0.4) is 0 Å². The van der Waals surface area contributed by atoms with Crippen LogP contribution < -0.4 is 43.0 Å². The third-order valence-corrected chi connectivity index (χ3v) is 12.6. The molecule has 3 aliphatic heterocycles.